The van der Waals surface area contributed by atoms with Crippen LogP contribution in [-0.4, -0.2) is 65.1 Å². The Bertz CT molecular complexity index is 1500. The maximum Gasteiger partial charge on any atom is 0.252 e. The zero-order valence-electron chi connectivity index (χ0n) is 25.2. The summed E-state index contributed by atoms with van der Waals surface area (Å²) in [5, 5.41) is 15.6. The summed E-state index contributed by atoms with van der Waals surface area (Å²) in [6.07, 6.45) is 0.358. The van der Waals surface area contributed by atoms with Crippen LogP contribution in [0.3, 0.4) is 0 Å². The standard InChI is InChI=1S/C32H37F2N5O4/c1-18(2)26(37-27(40)19-11-12-22(33)23(34)13-19)29(42)38(6)25(15-31(3,4)5)28(41)39-17-32(14-20(39)16-35)21-9-7-8-10-24(21)36-30(32)43/h7-13,18,20,25-26H,14-15,17H2,1-6H3,(H,36,43)(H,37,40)/t20-,25-,26-,32-/m0/s1. The molecule has 2 aliphatic heterocycles. The minimum Gasteiger partial charge on any atom is -0.340 e. The third kappa shape index (κ3) is 6.10. The number of amides is 4. The summed E-state index contributed by atoms with van der Waals surface area (Å²) in [5.74, 6) is -4.79. The molecule has 4 amide bonds. The van der Waals surface area contributed by atoms with Crippen molar-refractivity contribution in [2.24, 2.45) is 11.3 Å². The zero-order chi connectivity index (χ0) is 31.9. The second-order valence-electron chi connectivity index (χ2n) is 13.0. The largest absolute Gasteiger partial charge is 0.340 e. The highest BCUT2D eigenvalue weighted by Gasteiger charge is 2.57. The number of halogens is 2. The van der Waals surface area contributed by atoms with E-state index in [-0.39, 0.29) is 30.9 Å². The van der Waals surface area contributed by atoms with Gasteiger partial charge in [-0.15, -0.1) is 0 Å². The maximum absolute atomic E-state index is 14.3. The van der Waals surface area contributed by atoms with Crippen LogP contribution >= 0.6 is 0 Å². The molecule has 4 atom stereocenters. The van der Waals surface area contributed by atoms with Gasteiger partial charge < -0.3 is 20.4 Å². The molecule has 2 heterocycles. The van der Waals surface area contributed by atoms with E-state index >= 15 is 0 Å². The monoisotopic (exact) mass is 593 g/mol. The van der Waals surface area contributed by atoms with Gasteiger partial charge in [-0.3, -0.25) is 19.2 Å². The van der Waals surface area contributed by atoms with Gasteiger partial charge >= 0.3 is 0 Å². The number of fused-ring (bicyclic) bond motifs is 2. The van der Waals surface area contributed by atoms with E-state index in [1.807, 2.05) is 32.9 Å². The SMILES string of the molecule is CC(C)[C@H](NC(=O)c1ccc(F)c(F)c1)C(=O)N(C)[C@@H](CC(C)(C)C)C(=O)N1C[C@]2(C[C@H]1C#N)C(=O)Nc1ccccc12. The van der Waals surface area contributed by atoms with Gasteiger partial charge in [0.1, 0.15) is 18.1 Å². The Morgan fingerprint density at radius 2 is 1.84 bits per heavy atom. The highest BCUT2D eigenvalue weighted by atomic mass is 19.2. The number of carbonyl (C=O) groups excluding carboxylic acids is 4. The maximum atomic E-state index is 14.3. The molecule has 0 aliphatic carbocycles. The average molecular weight is 594 g/mol. The smallest absolute Gasteiger partial charge is 0.252 e. The Morgan fingerprint density at radius 1 is 1.16 bits per heavy atom. The molecule has 4 rings (SSSR count). The molecule has 0 radical (unpaired) electrons. The molecular weight excluding hydrogens is 556 g/mol. The molecule has 1 fully saturated rings. The summed E-state index contributed by atoms with van der Waals surface area (Å²) in [5.41, 5.74) is -0.286. The van der Waals surface area contributed by atoms with E-state index in [9.17, 15) is 33.2 Å². The van der Waals surface area contributed by atoms with Crippen LogP contribution < -0.4 is 10.6 Å². The van der Waals surface area contributed by atoms with Gasteiger partial charge in [-0.25, -0.2) is 8.78 Å². The van der Waals surface area contributed by atoms with E-state index < -0.39 is 64.2 Å². The summed E-state index contributed by atoms with van der Waals surface area (Å²) in [6.45, 7) is 9.18. The van der Waals surface area contributed by atoms with Crippen LogP contribution in [-0.2, 0) is 19.8 Å². The van der Waals surface area contributed by atoms with E-state index in [1.165, 1.54) is 16.8 Å². The van der Waals surface area contributed by atoms with E-state index in [0.717, 1.165) is 23.8 Å². The Hall–Kier alpha value is -4.33. The van der Waals surface area contributed by atoms with Crippen molar-refractivity contribution < 1.29 is 28.0 Å². The molecule has 1 saturated heterocycles. The fourth-order valence-corrected chi connectivity index (χ4v) is 5.90. The molecule has 43 heavy (non-hydrogen) atoms. The summed E-state index contributed by atoms with van der Waals surface area (Å²) >= 11 is 0. The fourth-order valence-electron chi connectivity index (χ4n) is 5.90. The molecule has 9 nitrogen and oxygen atoms in total. The first-order valence-electron chi connectivity index (χ1n) is 14.2. The number of likely N-dealkylation sites (N-methyl/N-ethyl adjacent to an activating group) is 1. The second kappa shape index (κ2) is 11.7. The predicted molar refractivity (Wildman–Crippen MR) is 156 cm³/mol. The summed E-state index contributed by atoms with van der Waals surface area (Å²) in [6, 6.07) is 9.09. The van der Waals surface area contributed by atoms with Crippen LogP contribution in [0.1, 0.15) is 63.4 Å². The molecule has 2 aromatic rings. The second-order valence-corrected chi connectivity index (χ2v) is 13.0. The van der Waals surface area contributed by atoms with Gasteiger partial charge in [-0.2, -0.15) is 5.26 Å². The molecule has 2 aliphatic rings. The lowest BCUT2D eigenvalue weighted by Gasteiger charge is -2.37. The minimum absolute atomic E-state index is 0.0178. The molecule has 2 N–H and O–H groups in total. The number of likely N-dealkylation sites (tertiary alicyclic amines) is 1. The molecule has 0 bridgehead atoms. The number of benzene rings is 2. The number of nitriles is 1. The van der Waals surface area contributed by atoms with Crippen LogP contribution in [0.15, 0.2) is 42.5 Å². The topological polar surface area (TPSA) is 123 Å². The van der Waals surface area contributed by atoms with Gasteiger partial charge in [0.2, 0.25) is 17.7 Å². The number of nitrogens with one attached hydrogen (secondary N) is 2. The summed E-state index contributed by atoms with van der Waals surface area (Å²) in [4.78, 5) is 57.0. The van der Waals surface area contributed by atoms with Gasteiger partial charge in [0.15, 0.2) is 11.6 Å². The van der Waals surface area contributed by atoms with Crippen molar-refractivity contribution in [1.82, 2.24) is 15.1 Å². The Morgan fingerprint density at radius 3 is 2.44 bits per heavy atom. The van der Waals surface area contributed by atoms with Gasteiger partial charge in [-0.1, -0.05) is 52.8 Å². The minimum atomic E-state index is -1.19. The lowest BCUT2D eigenvalue weighted by molar-refractivity contribution is -0.147. The first-order valence-corrected chi connectivity index (χ1v) is 14.2. The number of nitrogens with zero attached hydrogens (tertiary/aromatic N) is 3. The van der Waals surface area contributed by atoms with Crippen molar-refractivity contribution >= 4 is 29.3 Å². The molecule has 0 unspecified atom stereocenters. The van der Waals surface area contributed by atoms with Crippen molar-refractivity contribution in [3.8, 4) is 6.07 Å². The zero-order valence-corrected chi connectivity index (χ0v) is 25.2. The first-order chi connectivity index (χ1) is 20.1. The molecule has 11 heteroatoms. The van der Waals surface area contributed by atoms with E-state index in [4.69, 9.17) is 0 Å². The molecule has 1 spiro atoms. The molecule has 2 aromatic carbocycles. The third-order valence-electron chi connectivity index (χ3n) is 8.22. The molecular formula is C32H37F2N5O4. The highest BCUT2D eigenvalue weighted by molar-refractivity contribution is 6.07. The van der Waals surface area contributed by atoms with Gasteiger partial charge in [-0.05, 0) is 47.6 Å². The van der Waals surface area contributed by atoms with Crippen molar-refractivity contribution in [3.63, 3.8) is 0 Å². The average Bonchev–Trinajstić information content (AvgIpc) is 3.47. The van der Waals surface area contributed by atoms with Crippen LogP contribution in [0.5, 0.6) is 0 Å². The first kappa shape index (κ1) is 31.6. The van der Waals surface area contributed by atoms with E-state index in [0.29, 0.717) is 5.69 Å². The number of anilines is 1. The van der Waals surface area contributed by atoms with Crippen LogP contribution in [0.25, 0.3) is 0 Å². The van der Waals surface area contributed by atoms with Crippen molar-refractivity contribution in [3.05, 3.63) is 65.2 Å². The van der Waals surface area contributed by atoms with Crippen molar-refractivity contribution in [1.29, 1.82) is 5.26 Å². The highest BCUT2D eigenvalue weighted by Crippen LogP contribution is 2.46. The molecule has 0 saturated carbocycles. The Kier molecular flexibility index (Phi) is 8.63. The van der Waals surface area contributed by atoms with Gasteiger partial charge in [0.25, 0.3) is 5.91 Å². The van der Waals surface area contributed by atoms with Gasteiger partial charge in [0, 0.05) is 31.3 Å². The van der Waals surface area contributed by atoms with Crippen LogP contribution in [0, 0.1) is 34.3 Å². The molecule has 228 valence electrons. The fraction of sp³-hybridized carbons (Fsp3) is 0.469. The van der Waals surface area contributed by atoms with E-state index in [1.54, 1.807) is 26.0 Å². The third-order valence-corrected chi connectivity index (χ3v) is 8.22. The van der Waals surface area contributed by atoms with Crippen molar-refractivity contribution in [2.75, 3.05) is 18.9 Å². The van der Waals surface area contributed by atoms with Crippen molar-refractivity contribution in [2.45, 2.75) is 71.0 Å². The number of rotatable bonds is 7. The van der Waals surface area contributed by atoms with E-state index in [2.05, 4.69) is 16.7 Å². The predicted octanol–water partition coefficient (Wildman–Crippen LogP) is 4.00. The molecule has 0 aromatic heterocycles. The summed E-state index contributed by atoms with van der Waals surface area (Å²) in [7, 11) is 1.47. The lowest BCUT2D eigenvalue weighted by atomic mass is 9.80. The normalized spacial score (nSPS) is 20.8. The summed E-state index contributed by atoms with van der Waals surface area (Å²) < 4.78 is 27.2. The number of hydrogen-bond donors (Lipinski definition) is 2. The Labute approximate surface area is 250 Å². The Balaban J connectivity index is 1.63. The number of hydrogen-bond acceptors (Lipinski definition) is 5. The van der Waals surface area contributed by atoms with Crippen LogP contribution in [0.4, 0.5) is 14.5 Å². The van der Waals surface area contributed by atoms with Gasteiger partial charge in [0.05, 0.1) is 11.5 Å². The lowest BCUT2D eigenvalue weighted by Crippen LogP contribution is -2.57. The number of para-hydroxylation sites is 1. The number of carbonyl (C=O) groups is 4. The quantitative estimate of drug-likeness (QED) is 0.503. The van der Waals surface area contributed by atoms with Crippen LogP contribution in [0.2, 0.25) is 0 Å².